The number of aliphatic hydroxyl groups is 1. The Morgan fingerprint density at radius 2 is 1.72 bits per heavy atom. The van der Waals surface area contributed by atoms with Gasteiger partial charge in [0.05, 0.1) is 13.7 Å². The normalized spacial score (nSPS) is 12.3. The zero-order valence-corrected chi connectivity index (χ0v) is 18.9. The van der Waals surface area contributed by atoms with E-state index in [2.05, 4.69) is 20.2 Å². The van der Waals surface area contributed by atoms with Crippen LogP contribution in [-0.2, 0) is 13.6 Å². The Balaban J connectivity index is 1.70. The highest BCUT2D eigenvalue weighted by Gasteiger charge is 2.20. The first-order valence-electron chi connectivity index (χ1n) is 10.3. The van der Waals surface area contributed by atoms with Gasteiger partial charge in [0.25, 0.3) is 17.1 Å². The van der Waals surface area contributed by atoms with Gasteiger partial charge in [-0.1, -0.05) is 0 Å². The van der Waals surface area contributed by atoms with Gasteiger partial charge in [0.15, 0.2) is 11.2 Å². The molecule has 16 heteroatoms. The van der Waals surface area contributed by atoms with E-state index in [4.69, 9.17) is 9.47 Å². The lowest BCUT2D eigenvalue weighted by Gasteiger charge is -2.14. The van der Waals surface area contributed by atoms with Crippen molar-refractivity contribution in [1.82, 2.24) is 29.1 Å². The number of methoxy groups -OCH3 is 1. The second kappa shape index (κ2) is 9.71. The van der Waals surface area contributed by atoms with E-state index in [1.807, 2.05) is 9.97 Å². The smallest absolute Gasteiger partial charge is 0.329 e. The first-order valence-corrected chi connectivity index (χ1v) is 10.3. The molecule has 36 heavy (non-hydrogen) atoms. The number of H-pyrrole nitrogens is 3. The summed E-state index contributed by atoms with van der Waals surface area (Å²) >= 11 is 0. The SMILES string of the molecule is COc1ccc(OCC(O)Cn2c(N=Nc3c(O)[nH]c(=O)[nH]c3=O)nc3c2c(=O)[nH]c(=O)n3C)cc1. The van der Waals surface area contributed by atoms with Crippen molar-refractivity contribution in [2.45, 2.75) is 12.6 Å². The van der Waals surface area contributed by atoms with E-state index in [0.29, 0.717) is 11.5 Å². The van der Waals surface area contributed by atoms with Gasteiger partial charge >= 0.3 is 11.4 Å². The predicted octanol–water partition coefficient (Wildman–Crippen LogP) is -0.631. The molecular weight excluding hydrogens is 480 g/mol. The highest BCUT2D eigenvalue weighted by Crippen LogP contribution is 2.23. The number of imidazole rings is 1. The Labute approximate surface area is 199 Å². The Hall–Kier alpha value is -4.99. The number of rotatable bonds is 8. The maximum absolute atomic E-state index is 12.6. The number of hydrogen-bond acceptors (Lipinski definition) is 11. The quantitative estimate of drug-likeness (QED) is 0.194. The third-order valence-corrected chi connectivity index (χ3v) is 5.02. The van der Waals surface area contributed by atoms with Gasteiger partial charge in [0, 0.05) is 7.05 Å². The van der Waals surface area contributed by atoms with Crippen LogP contribution in [0.15, 0.2) is 53.7 Å². The molecule has 1 unspecified atom stereocenters. The fourth-order valence-corrected chi connectivity index (χ4v) is 3.26. The molecule has 1 aromatic carbocycles. The molecule has 4 aromatic rings. The van der Waals surface area contributed by atoms with Crippen molar-refractivity contribution in [2.75, 3.05) is 13.7 Å². The zero-order valence-electron chi connectivity index (χ0n) is 18.9. The molecule has 0 saturated heterocycles. The van der Waals surface area contributed by atoms with E-state index in [9.17, 15) is 29.4 Å². The molecular formula is C20H20N8O8. The average Bonchev–Trinajstić information content (AvgIpc) is 3.19. The average molecular weight is 500 g/mol. The van der Waals surface area contributed by atoms with Gasteiger partial charge in [-0.15, -0.1) is 10.2 Å². The molecule has 0 saturated carbocycles. The van der Waals surface area contributed by atoms with E-state index in [1.54, 1.807) is 24.3 Å². The predicted molar refractivity (Wildman–Crippen MR) is 124 cm³/mol. The van der Waals surface area contributed by atoms with Gasteiger partial charge in [-0.2, -0.15) is 4.98 Å². The molecule has 0 aliphatic rings. The number of aryl methyl sites for hydroxylation is 1. The van der Waals surface area contributed by atoms with E-state index in [-0.39, 0.29) is 30.3 Å². The number of nitrogens with one attached hydrogen (secondary N) is 3. The van der Waals surface area contributed by atoms with Gasteiger partial charge in [-0.05, 0) is 24.3 Å². The number of benzene rings is 1. The number of aromatic nitrogens is 6. The third kappa shape index (κ3) is 4.78. The number of aromatic hydroxyl groups is 1. The lowest BCUT2D eigenvalue weighted by atomic mass is 10.3. The molecule has 0 spiro atoms. The number of hydrogen-bond donors (Lipinski definition) is 5. The second-order valence-corrected chi connectivity index (χ2v) is 7.46. The van der Waals surface area contributed by atoms with Crippen molar-refractivity contribution in [3.63, 3.8) is 0 Å². The highest BCUT2D eigenvalue weighted by molar-refractivity contribution is 5.73. The lowest BCUT2D eigenvalue weighted by molar-refractivity contribution is 0.0937. The fourth-order valence-electron chi connectivity index (χ4n) is 3.26. The van der Waals surface area contributed by atoms with E-state index < -0.39 is 40.2 Å². The number of azo groups is 1. The Morgan fingerprint density at radius 3 is 2.39 bits per heavy atom. The minimum atomic E-state index is -1.18. The molecule has 3 aromatic heterocycles. The highest BCUT2D eigenvalue weighted by atomic mass is 16.5. The van der Waals surface area contributed by atoms with Crippen LogP contribution in [0.5, 0.6) is 17.4 Å². The number of aromatic amines is 3. The van der Waals surface area contributed by atoms with Crippen LogP contribution in [0.4, 0.5) is 11.6 Å². The van der Waals surface area contributed by atoms with Crippen molar-refractivity contribution in [1.29, 1.82) is 0 Å². The molecule has 0 aliphatic carbocycles. The first-order chi connectivity index (χ1) is 17.2. The van der Waals surface area contributed by atoms with Crippen LogP contribution in [0.25, 0.3) is 11.2 Å². The van der Waals surface area contributed by atoms with Crippen LogP contribution in [0.3, 0.4) is 0 Å². The summed E-state index contributed by atoms with van der Waals surface area (Å²) in [6.45, 7) is -0.455. The standard InChI is InChI=1S/C20H20N8O8/c1-27-14-13(17(32)24-20(27)34)28(7-9(29)8-36-11-5-3-10(35-2)4-6-11)18(21-14)26-25-12-15(30)22-19(33)23-16(12)31/h3-6,9,29H,7-8H2,1-2H3,(H,24,32,34)(H3,22,23,30,31,33). The maximum atomic E-state index is 12.6. The molecule has 1 atom stereocenters. The van der Waals surface area contributed by atoms with Crippen LogP contribution < -0.4 is 32.0 Å². The van der Waals surface area contributed by atoms with E-state index in [1.165, 1.54) is 18.7 Å². The second-order valence-electron chi connectivity index (χ2n) is 7.46. The molecule has 0 amide bonds. The van der Waals surface area contributed by atoms with Crippen molar-refractivity contribution < 1.29 is 19.7 Å². The molecule has 4 rings (SSSR count). The minimum Gasteiger partial charge on any atom is -0.497 e. The van der Waals surface area contributed by atoms with Crippen LogP contribution in [0.1, 0.15) is 0 Å². The first kappa shape index (κ1) is 24.1. The Bertz CT molecular complexity index is 1680. The summed E-state index contributed by atoms with van der Waals surface area (Å²) in [7, 11) is 2.89. The van der Waals surface area contributed by atoms with Gasteiger partial charge in [0.1, 0.15) is 24.2 Å². The minimum absolute atomic E-state index is 0.0689. The largest absolute Gasteiger partial charge is 0.497 e. The van der Waals surface area contributed by atoms with Gasteiger partial charge in [-0.3, -0.25) is 33.7 Å². The van der Waals surface area contributed by atoms with Crippen LogP contribution in [0.2, 0.25) is 0 Å². The molecule has 0 fully saturated rings. The summed E-state index contributed by atoms with van der Waals surface area (Å²) in [6.07, 6.45) is -1.18. The third-order valence-electron chi connectivity index (χ3n) is 5.02. The summed E-state index contributed by atoms with van der Waals surface area (Å²) in [5.74, 6) is -0.0308. The van der Waals surface area contributed by atoms with Crippen molar-refractivity contribution in [2.24, 2.45) is 17.3 Å². The van der Waals surface area contributed by atoms with Gasteiger partial charge in [0.2, 0.25) is 11.6 Å². The topological polar surface area (TPSA) is 222 Å². The summed E-state index contributed by atoms with van der Waals surface area (Å²) in [6, 6.07) is 6.65. The van der Waals surface area contributed by atoms with Crippen LogP contribution in [0, 0.1) is 0 Å². The number of nitrogens with zero attached hydrogens (tertiary/aromatic N) is 5. The molecule has 0 aliphatic heterocycles. The van der Waals surface area contributed by atoms with Crippen molar-refractivity contribution in [3.05, 3.63) is 65.9 Å². The van der Waals surface area contributed by atoms with Crippen molar-refractivity contribution >= 4 is 22.8 Å². The van der Waals surface area contributed by atoms with Crippen LogP contribution >= 0.6 is 0 Å². The van der Waals surface area contributed by atoms with Crippen LogP contribution in [-0.4, -0.2) is 59.1 Å². The number of aliphatic hydroxyl groups excluding tert-OH is 1. The molecule has 16 nitrogen and oxygen atoms in total. The van der Waals surface area contributed by atoms with E-state index in [0.717, 1.165) is 4.57 Å². The molecule has 0 radical (unpaired) electrons. The van der Waals surface area contributed by atoms with E-state index >= 15 is 0 Å². The molecule has 0 bridgehead atoms. The summed E-state index contributed by atoms with van der Waals surface area (Å²) in [5, 5.41) is 27.9. The van der Waals surface area contributed by atoms with Gasteiger partial charge < -0.3 is 19.7 Å². The Morgan fingerprint density at radius 1 is 1.03 bits per heavy atom. The monoisotopic (exact) mass is 500 g/mol. The Kier molecular flexibility index (Phi) is 6.51. The lowest BCUT2D eigenvalue weighted by Crippen LogP contribution is -2.30. The summed E-state index contributed by atoms with van der Waals surface area (Å²) in [5.41, 5.74) is -4.31. The number of ether oxygens (including phenoxy) is 2. The zero-order chi connectivity index (χ0) is 26.0. The molecule has 188 valence electrons. The maximum Gasteiger partial charge on any atom is 0.329 e. The van der Waals surface area contributed by atoms with Gasteiger partial charge in [-0.25, -0.2) is 9.59 Å². The molecule has 5 N–H and O–H groups in total. The summed E-state index contributed by atoms with van der Waals surface area (Å²) < 4.78 is 12.9. The van der Waals surface area contributed by atoms with Crippen molar-refractivity contribution in [3.8, 4) is 17.4 Å². The number of fused-ring (bicyclic) bond motifs is 1. The fraction of sp³-hybridized carbons (Fsp3) is 0.250. The summed E-state index contributed by atoms with van der Waals surface area (Å²) in [4.78, 5) is 57.9. The molecule has 3 heterocycles.